The monoisotopic (exact) mass is 122 g/mol. The largest absolute Gasteiger partial charge is 0.270 e. The summed E-state index contributed by atoms with van der Waals surface area (Å²) in [6.45, 7) is 6.19. The van der Waals surface area contributed by atoms with Crippen LogP contribution in [0.2, 0.25) is 0 Å². The molecule has 9 heavy (non-hydrogen) atoms. The molecule has 0 unspecified atom stereocenters. The van der Waals surface area contributed by atoms with Gasteiger partial charge in [0.15, 0.2) is 0 Å². The Morgan fingerprint density at radius 1 is 1.67 bits per heavy atom. The molecule has 0 aromatic heterocycles. The zero-order valence-electron chi connectivity index (χ0n) is 4.87. The molecular formula is C6H6N2O. The normalized spacial score (nSPS) is 8.44. The number of nitrogens with zero attached hydrogens (tertiary/aromatic N) is 2. The van der Waals surface area contributed by atoms with Gasteiger partial charge in [-0.3, -0.25) is 4.79 Å². The Morgan fingerprint density at radius 2 is 2.33 bits per heavy atom. The Kier molecular flexibility index (Phi) is 3.92. The van der Waals surface area contributed by atoms with E-state index in [-0.39, 0.29) is 0 Å². The third kappa shape index (κ3) is 4.38. The van der Waals surface area contributed by atoms with Gasteiger partial charge in [0.25, 0.3) is 5.91 Å². The maximum Gasteiger partial charge on any atom is 0.270 e. The molecule has 0 heterocycles. The quantitative estimate of drug-likeness (QED) is 0.390. The number of aliphatic imine (C=N–C) groups is 2. The standard InChI is InChI=1S/C6H6N2O/c1-3-8-5-4-6(9)7-2/h4-5H,1-2H2/b5-4-. The predicted molar refractivity (Wildman–Crippen MR) is 36.8 cm³/mol. The fourth-order valence-corrected chi connectivity index (χ4v) is 0.206. The lowest BCUT2D eigenvalue weighted by atomic mass is 10.6. The fourth-order valence-electron chi connectivity index (χ4n) is 0.206. The summed E-state index contributed by atoms with van der Waals surface area (Å²) in [6, 6.07) is 0. The second-order valence-electron chi connectivity index (χ2n) is 1.10. The van der Waals surface area contributed by atoms with Crippen molar-refractivity contribution in [2.75, 3.05) is 0 Å². The first kappa shape index (κ1) is 7.53. The van der Waals surface area contributed by atoms with Gasteiger partial charge < -0.3 is 0 Å². The van der Waals surface area contributed by atoms with Gasteiger partial charge in [-0.05, 0) is 19.2 Å². The Hall–Kier alpha value is -1.47. The third-order valence-electron chi connectivity index (χ3n) is 0.539. The maximum absolute atomic E-state index is 10.3. The van der Waals surface area contributed by atoms with E-state index in [1.165, 1.54) is 12.3 Å². The lowest BCUT2D eigenvalue weighted by Crippen LogP contribution is -1.81. The lowest BCUT2D eigenvalue weighted by molar-refractivity contribution is -0.113. The van der Waals surface area contributed by atoms with Gasteiger partial charge >= 0.3 is 0 Å². The van der Waals surface area contributed by atoms with Crippen molar-refractivity contribution in [3.63, 3.8) is 0 Å². The molecule has 0 aliphatic carbocycles. The molecule has 0 saturated carbocycles. The number of hydrogen-bond acceptors (Lipinski definition) is 2. The van der Waals surface area contributed by atoms with Crippen LogP contribution in [0.5, 0.6) is 0 Å². The molecule has 46 valence electrons. The van der Waals surface area contributed by atoms with Gasteiger partial charge in [-0.1, -0.05) is 0 Å². The highest BCUT2D eigenvalue weighted by atomic mass is 16.1. The minimum atomic E-state index is -0.422. The average molecular weight is 122 g/mol. The van der Waals surface area contributed by atoms with Gasteiger partial charge in [-0.15, -0.1) is 0 Å². The van der Waals surface area contributed by atoms with Crippen LogP contribution in [0.3, 0.4) is 0 Å². The number of rotatable bonds is 2. The van der Waals surface area contributed by atoms with Crippen LogP contribution in [-0.4, -0.2) is 18.5 Å². The van der Waals surface area contributed by atoms with E-state index in [1.54, 1.807) is 0 Å². The van der Waals surface area contributed by atoms with E-state index in [0.717, 1.165) is 0 Å². The zero-order chi connectivity index (χ0) is 7.11. The average Bonchev–Trinajstić information content (AvgIpc) is 1.89. The second-order valence-corrected chi connectivity index (χ2v) is 1.10. The van der Waals surface area contributed by atoms with E-state index in [9.17, 15) is 4.79 Å². The van der Waals surface area contributed by atoms with Crippen molar-refractivity contribution < 1.29 is 4.79 Å². The van der Waals surface area contributed by atoms with Crippen LogP contribution in [-0.2, 0) is 4.79 Å². The van der Waals surface area contributed by atoms with Crippen molar-refractivity contribution >= 4 is 18.5 Å². The highest BCUT2D eigenvalue weighted by Crippen LogP contribution is 1.76. The smallest absolute Gasteiger partial charge is 0.267 e. The van der Waals surface area contributed by atoms with Gasteiger partial charge in [0.1, 0.15) is 0 Å². The predicted octanol–water partition coefficient (Wildman–Crippen LogP) is 0.583. The molecule has 0 fully saturated rings. The minimum Gasteiger partial charge on any atom is -0.267 e. The molecule has 0 radical (unpaired) electrons. The first-order chi connectivity index (χ1) is 4.31. The summed E-state index contributed by atoms with van der Waals surface area (Å²) in [7, 11) is 0. The Labute approximate surface area is 53.1 Å². The fraction of sp³-hybridized carbons (Fsp3) is 0. The van der Waals surface area contributed by atoms with Gasteiger partial charge in [0, 0.05) is 12.3 Å². The van der Waals surface area contributed by atoms with Crippen molar-refractivity contribution in [2.45, 2.75) is 0 Å². The third-order valence-corrected chi connectivity index (χ3v) is 0.539. The van der Waals surface area contributed by atoms with E-state index in [2.05, 4.69) is 29.2 Å². The van der Waals surface area contributed by atoms with E-state index < -0.39 is 5.91 Å². The second kappa shape index (κ2) is 4.68. The van der Waals surface area contributed by atoms with E-state index in [4.69, 9.17) is 0 Å². The van der Waals surface area contributed by atoms with Crippen molar-refractivity contribution in [1.29, 1.82) is 0 Å². The van der Waals surface area contributed by atoms with Crippen molar-refractivity contribution in [3.05, 3.63) is 18.9 Å². The molecule has 0 rings (SSSR count). The summed E-state index contributed by atoms with van der Waals surface area (Å²) in [5.74, 6) is 1.80. The summed E-state index contributed by atoms with van der Waals surface area (Å²) in [6.07, 6.45) is 2.43. The number of amides is 1. The van der Waals surface area contributed by atoms with E-state index in [1.807, 2.05) is 0 Å². The summed E-state index contributed by atoms with van der Waals surface area (Å²) < 4.78 is 0. The summed E-state index contributed by atoms with van der Waals surface area (Å²) >= 11 is 0. The SMILES string of the molecule is C=C=N/C=C\C(=O)N=C. The van der Waals surface area contributed by atoms with Crippen LogP contribution in [0, 0.1) is 0 Å². The molecule has 0 saturated heterocycles. The Morgan fingerprint density at radius 3 is 2.78 bits per heavy atom. The van der Waals surface area contributed by atoms with Crippen LogP contribution in [0.1, 0.15) is 0 Å². The van der Waals surface area contributed by atoms with Gasteiger partial charge in [0.05, 0.1) is 0 Å². The molecule has 0 aromatic rings. The summed E-state index contributed by atoms with van der Waals surface area (Å²) in [4.78, 5) is 16.7. The van der Waals surface area contributed by atoms with Gasteiger partial charge in [-0.25, -0.2) is 9.98 Å². The Balaban J connectivity index is 3.84. The molecule has 0 aromatic carbocycles. The molecule has 0 N–H and O–H groups in total. The zero-order valence-corrected chi connectivity index (χ0v) is 4.87. The van der Waals surface area contributed by atoms with E-state index >= 15 is 0 Å². The molecule has 0 atom stereocenters. The van der Waals surface area contributed by atoms with Gasteiger partial charge in [-0.2, -0.15) is 0 Å². The molecule has 3 heteroatoms. The topological polar surface area (TPSA) is 41.8 Å². The molecule has 0 aliphatic heterocycles. The number of carbonyl (C=O) groups excluding carboxylic acids is 1. The molecule has 0 aliphatic rings. The Bertz CT molecular complexity index is 187. The van der Waals surface area contributed by atoms with Crippen LogP contribution < -0.4 is 0 Å². The summed E-state index contributed by atoms with van der Waals surface area (Å²) in [5.41, 5.74) is 0. The summed E-state index contributed by atoms with van der Waals surface area (Å²) in [5, 5.41) is 0. The van der Waals surface area contributed by atoms with E-state index in [0.29, 0.717) is 0 Å². The molecule has 3 nitrogen and oxygen atoms in total. The van der Waals surface area contributed by atoms with Crippen molar-refractivity contribution in [2.24, 2.45) is 9.98 Å². The molecule has 0 spiro atoms. The molecule has 1 amide bonds. The minimum absolute atomic E-state index is 0.422. The van der Waals surface area contributed by atoms with Crippen LogP contribution >= 0.6 is 0 Å². The molecular weight excluding hydrogens is 116 g/mol. The van der Waals surface area contributed by atoms with Crippen LogP contribution in [0.15, 0.2) is 28.8 Å². The van der Waals surface area contributed by atoms with Crippen molar-refractivity contribution in [3.8, 4) is 0 Å². The van der Waals surface area contributed by atoms with Crippen LogP contribution in [0.4, 0.5) is 0 Å². The number of hydrogen-bond donors (Lipinski definition) is 0. The number of carbonyl (C=O) groups is 1. The molecule has 0 bridgehead atoms. The lowest BCUT2D eigenvalue weighted by Gasteiger charge is -1.73. The van der Waals surface area contributed by atoms with Crippen LogP contribution in [0.25, 0.3) is 0 Å². The maximum atomic E-state index is 10.3. The first-order valence-corrected chi connectivity index (χ1v) is 2.20. The highest BCUT2D eigenvalue weighted by molar-refractivity contribution is 5.90. The first-order valence-electron chi connectivity index (χ1n) is 2.20. The highest BCUT2D eigenvalue weighted by Gasteiger charge is 1.81. The van der Waals surface area contributed by atoms with Gasteiger partial charge in [0.2, 0.25) is 0 Å². The van der Waals surface area contributed by atoms with Crippen molar-refractivity contribution in [1.82, 2.24) is 0 Å².